The fraction of sp³-hybridized carbons (Fsp3) is 0.200. The minimum Gasteiger partial charge on any atom is -0.382 e. The van der Waals surface area contributed by atoms with Gasteiger partial charge in [0.15, 0.2) is 0 Å². The number of aromatic nitrogens is 4. The van der Waals surface area contributed by atoms with E-state index in [4.69, 9.17) is 10.7 Å². The van der Waals surface area contributed by atoms with Crippen LogP contribution in [0.2, 0.25) is 0 Å². The number of nitrogens with two attached hydrogens (primary N) is 1. The number of rotatable bonds is 5. The molecule has 0 saturated carbocycles. The summed E-state index contributed by atoms with van der Waals surface area (Å²) in [5.41, 5.74) is 12.6. The second-order valence-corrected chi connectivity index (χ2v) is 9.74. The van der Waals surface area contributed by atoms with Gasteiger partial charge in [0.25, 0.3) is 0 Å². The number of nitrogens with zero attached hydrogens (tertiary/aromatic N) is 4. The summed E-state index contributed by atoms with van der Waals surface area (Å²) in [6.45, 7) is 2.00. The van der Waals surface area contributed by atoms with Gasteiger partial charge in [-0.05, 0) is 62.4 Å². The van der Waals surface area contributed by atoms with Crippen LogP contribution in [0.15, 0.2) is 73.2 Å². The molecule has 6 rings (SSSR count). The highest BCUT2D eigenvalue weighted by molar-refractivity contribution is 6.10. The maximum atomic E-state index is 12.7. The number of carbonyl (C=O) groups is 1. The van der Waals surface area contributed by atoms with E-state index >= 15 is 0 Å². The number of imidazole rings is 1. The summed E-state index contributed by atoms with van der Waals surface area (Å²) in [7, 11) is 2.01. The summed E-state index contributed by atoms with van der Waals surface area (Å²) in [5.74, 6) is 1.28. The Kier molecular flexibility index (Phi) is 6.42. The maximum Gasteiger partial charge on any atom is 0.323 e. The van der Waals surface area contributed by atoms with Crippen molar-refractivity contribution in [1.29, 1.82) is 0 Å². The number of nitrogen functional groups attached to an aromatic ring is 1. The van der Waals surface area contributed by atoms with Gasteiger partial charge in [-0.15, -0.1) is 0 Å². The van der Waals surface area contributed by atoms with Crippen LogP contribution in [0.5, 0.6) is 0 Å². The van der Waals surface area contributed by atoms with Crippen molar-refractivity contribution >= 4 is 45.1 Å². The lowest BCUT2D eigenvalue weighted by Crippen LogP contribution is -2.26. The van der Waals surface area contributed by atoms with Crippen LogP contribution in [0, 0.1) is 6.92 Å². The maximum absolute atomic E-state index is 12.7. The van der Waals surface area contributed by atoms with E-state index in [1.165, 1.54) is 5.57 Å². The first kappa shape index (κ1) is 24.6. The van der Waals surface area contributed by atoms with Crippen molar-refractivity contribution in [3.8, 4) is 11.3 Å². The number of nitrogens with one attached hydrogen (secondary N) is 3. The first-order valence-electron chi connectivity index (χ1n) is 13.0. The SMILES string of the molecule is CNC1CC=C(c2cnc(N)c3c(-c4ccc(NC(=O)Nc5cccnc5)c5ccccc45)nc(C)n23)CC1. The fourth-order valence-corrected chi connectivity index (χ4v) is 5.39. The summed E-state index contributed by atoms with van der Waals surface area (Å²) in [6, 6.07) is 15.5. The molecule has 5 aromatic rings. The van der Waals surface area contributed by atoms with E-state index in [1.54, 1.807) is 24.5 Å². The van der Waals surface area contributed by atoms with Gasteiger partial charge < -0.3 is 21.7 Å². The summed E-state index contributed by atoms with van der Waals surface area (Å²) < 4.78 is 2.13. The normalized spacial score (nSPS) is 15.3. The highest BCUT2D eigenvalue weighted by Gasteiger charge is 2.22. The zero-order chi connectivity index (χ0) is 26.9. The van der Waals surface area contributed by atoms with Crippen molar-refractivity contribution in [2.75, 3.05) is 23.4 Å². The lowest BCUT2D eigenvalue weighted by Gasteiger charge is -2.22. The average molecular weight is 519 g/mol. The van der Waals surface area contributed by atoms with Gasteiger partial charge >= 0.3 is 6.03 Å². The van der Waals surface area contributed by atoms with Gasteiger partial charge in [0.1, 0.15) is 22.9 Å². The Morgan fingerprint density at radius 1 is 1.05 bits per heavy atom. The van der Waals surface area contributed by atoms with Crippen LogP contribution >= 0.6 is 0 Å². The molecule has 0 radical (unpaired) electrons. The number of hydrogen-bond acceptors (Lipinski definition) is 6. The number of fused-ring (bicyclic) bond motifs is 2. The van der Waals surface area contributed by atoms with Crippen LogP contribution in [-0.2, 0) is 0 Å². The fourth-order valence-electron chi connectivity index (χ4n) is 5.39. The summed E-state index contributed by atoms with van der Waals surface area (Å²) in [4.78, 5) is 26.4. The third-order valence-corrected chi connectivity index (χ3v) is 7.35. The smallest absolute Gasteiger partial charge is 0.323 e. The van der Waals surface area contributed by atoms with Gasteiger partial charge in [0.2, 0.25) is 0 Å². The Morgan fingerprint density at radius 3 is 2.64 bits per heavy atom. The van der Waals surface area contributed by atoms with Crippen molar-refractivity contribution in [3.05, 3.63) is 84.7 Å². The Hall–Kier alpha value is -4.76. The number of anilines is 3. The molecule has 0 saturated heterocycles. The van der Waals surface area contributed by atoms with Crippen molar-refractivity contribution in [2.45, 2.75) is 32.2 Å². The van der Waals surface area contributed by atoms with E-state index in [-0.39, 0.29) is 6.03 Å². The molecule has 0 fully saturated rings. The molecular weight excluding hydrogens is 488 g/mol. The molecule has 2 aromatic carbocycles. The van der Waals surface area contributed by atoms with E-state index in [0.29, 0.717) is 23.2 Å². The quantitative estimate of drug-likeness (QED) is 0.239. The number of allylic oxidation sites excluding steroid dienone is 1. The van der Waals surface area contributed by atoms with Gasteiger partial charge in [-0.25, -0.2) is 14.8 Å². The second-order valence-electron chi connectivity index (χ2n) is 9.74. The molecule has 1 aliphatic rings. The van der Waals surface area contributed by atoms with Crippen molar-refractivity contribution < 1.29 is 4.79 Å². The highest BCUT2D eigenvalue weighted by Crippen LogP contribution is 2.38. The van der Waals surface area contributed by atoms with Crippen LogP contribution in [0.4, 0.5) is 22.0 Å². The molecule has 1 aliphatic carbocycles. The van der Waals surface area contributed by atoms with E-state index in [9.17, 15) is 4.79 Å². The molecule has 9 nitrogen and oxygen atoms in total. The molecule has 5 N–H and O–H groups in total. The Morgan fingerprint density at radius 2 is 1.90 bits per heavy atom. The van der Waals surface area contributed by atoms with Gasteiger partial charge in [-0.1, -0.05) is 36.4 Å². The standard InChI is InChI=1S/C30H30N8O/c1-18-35-27(28-29(31)34-17-26(38(18)28)19-9-11-20(32-2)12-10-19)24-13-14-25(23-8-4-3-7-22(23)24)37-30(39)36-21-6-5-15-33-16-21/h3-9,13-17,20,32H,10-12H2,1-2H3,(H2,31,34)(H2,36,37,39). The number of carbonyl (C=O) groups excluding carboxylic acids is 1. The molecule has 39 heavy (non-hydrogen) atoms. The van der Waals surface area contributed by atoms with Crippen LogP contribution in [-0.4, -0.2) is 38.5 Å². The lowest BCUT2D eigenvalue weighted by atomic mass is 9.93. The minimum absolute atomic E-state index is 0.344. The van der Waals surface area contributed by atoms with Crippen LogP contribution in [0.1, 0.15) is 30.8 Å². The zero-order valence-electron chi connectivity index (χ0n) is 21.9. The molecule has 9 heteroatoms. The van der Waals surface area contributed by atoms with E-state index < -0.39 is 0 Å². The van der Waals surface area contributed by atoms with Crippen molar-refractivity contribution in [2.24, 2.45) is 0 Å². The predicted octanol–water partition coefficient (Wildman–Crippen LogP) is 5.63. The second kappa shape index (κ2) is 10.2. The van der Waals surface area contributed by atoms with E-state index in [0.717, 1.165) is 58.3 Å². The molecule has 0 aliphatic heterocycles. The lowest BCUT2D eigenvalue weighted by molar-refractivity contribution is 0.262. The number of amides is 2. The zero-order valence-corrected chi connectivity index (χ0v) is 21.9. The molecule has 2 amide bonds. The molecule has 0 spiro atoms. The van der Waals surface area contributed by atoms with Gasteiger partial charge in [0, 0.05) is 23.2 Å². The molecule has 3 aromatic heterocycles. The predicted molar refractivity (Wildman–Crippen MR) is 157 cm³/mol. The summed E-state index contributed by atoms with van der Waals surface area (Å²) in [5, 5.41) is 11.0. The van der Waals surface area contributed by atoms with E-state index in [1.807, 2.05) is 56.6 Å². The van der Waals surface area contributed by atoms with Crippen molar-refractivity contribution in [3.63, 3.8) is 0 Å². The molecule has 1 atom stereocenters. The van der Waals surface area contributed by atoms with Gasteiger partial charge in [-0.3, -0.25) is 9.38 Å². The van der Waals surface area contributed by atoms with Crippen LogP contribution in [0.25, 0.3) is 33.1 Å². The Bertz CT molecular complexity index is 1720. The summed E-state index contributed by atoms with van der Waals surface area (Å²) >= 11 is 0. The molecule has 1 unspecified atom stereocenters. The number of hydrogen-bond donors (Lipinski definition) is 4. The first-order valence-corrected chi connectivity index (χ1v) is 13.0. The summed E-state index contributed by atoms with van der Waals surface area (Å²) in [6.07, 6.45) is 10.4. The average Bonchev–Trinajstić information content (AvgIpc) is 3.32. The molecular formula is C30H30N8O. The highest BCUT2D eigenvalue weighted by atomic mass is 16.2. The number of aryl methyl sites for hydroxylation is 1. The third-order valence-electron chi connectivity index (χ3n) is 7.35. The van der Waals surface area contributed by atoms with Crippen LogP contribution in [0.3, 0.4) is 0 Å². The molecule has 196 valence electrons. The number of urea groups is 1. The number of benzene rings is 2. The topological polar surface area (TPSA) is 122 Å². The molecule has 3 heterocycles. The van der Waals surface area contributed by atoms with Gasteiger partial charge in [0.05, 0.1) is 29.5 Å². The van der Waals surface area contributed by atoms with Crippen LogP contribution < -0.4 is 21.7 Å². The van der Waals surface area contributed by atoms with Crippen molar-refractivity contribution in [1.82, 2.24) is 24.7 Å². The minimum atomic E-state index is -0.344. The third kappa shape index (κ3) is 4.57. The number of pyridine rings is 1. The Labute approximate surface area is 226 Å². The largest absolute Gasteiger partial charge is 0.382 e. The monoisotopic (exact) mass is 518 g/mol. The molecule has 0 bridgehead atoms. The van der Waals surface area contributed by atoms with Gasteiger partial charge in [-0.2, -0.15) is 0 Å². The Balaban J connectivity index is 1.42. The first-order chi connectivity index (χ1) is 19.0. The van der Waals surface area contributed by atoms with E-state index in [2.05, 4.69) is 36.4 Å².